The van der Waals surface area contributed by atoms with Gasteiger partial charge < -0.3 is 28.6 Å². The van der Waals surface area contributed by atoms with Crippen LogP contribution < -0.4 is 0 Å². The Labute approximate surface area is 170 Å². The summed E-state index contributed by atoms with van der Waals surface area (Å²) in [4.78, 5) is 19.5. The lowest BCUT2D eigenvalue weighted by Crippen LogP contribution is -2.39. The summed E-state index contributed by atoms with van der Waals surface area (Å²) >= 11 is 5.32. The van der Waals surface area contributed by atoms with Gasteiger partial charge in [-0.2, -0.15) is 0 Å². The molecule has 3 atom stereocenters. The first-order valence-electron chi connectivity index (χ1n) is 9.17. The predicted molar refractivity (Wildman–Crippen MR) is 108 cm³/mol. The fraction of sp³-hybridized carbons (Fsp3) is 0.526. The number of hydrogen-bond donors (Lipinski definition) is 0. The van der Waals surface area contributed by atoms with Gasteiger partial charge in [0, 0.05) is 39.5 Å². The van der Waals surface area contributed by atoms with Gasteiger partial charge in [-0.1, -0.05) is 24.3 Å². The zero-order chi connectivity index (χ0) is 20.1. The van der Waals surface area contributed by atoms with E-state index in [2.05, 4.69) is 17.1 Å². The maximum atomic E-state index is 11.9. The second-order valence-corrected chi connectivity index (χ2v) is 7.37. The van der Waals surface area contributed by atoms with Crippen molar-refractivity contribution < 1.29 is 19.0 Å². The van der Waals surface area contributed by atoms with Crippen LogP contribution in [0.1, 0.15) is 18.3 Å². The SMILES string of the molecule is CN(C)C(=S)O[C@H](c1nccn1COCC1C=CC=CC1)[C@@H]1COC(=O)N1C. The monoisotopic (exact) mass is 406 g/mol. The molecule has 1 aromatic rings. The molecule has 152 valence electrons. The van der Waals surface area contributed by atoms with E-state index in [0.717, 1.165) is 6.42 Å². The van der Waals surface area contributed by atoms with Crippen LogP contribution in [0.25, 0.3) is 0 Å². The van der Waals surface area contributed by atoms with Crippen molar-refractivity contribution in [1.82, 2.24) is 19.4 Å². The maximum absolute atomic E-state index is 11.9. The van der Waals surface area contributed by atoms with Gasteiger partial charge in [0.15, 0.2) is 11.9 Å². The summed E-state index contributed by atoms with van der Waals surface area (Å²) in [6.07, 6.45) is 11.9. The highest BCUT2D eigenvalue weighted by Crippen LogP contribution is 2.28. The minimum absolute atomic E-state index is 0.211. The predicted octanol–water partition coefficient (Wildman–Crippen LogP) is 2.34. The van der Waals surface area contributed by atoms with E-state index in [1.54, 1.807) is 32.2 Å². The molecule has 9 heteroatoms. The number of amides is 1. The molecule has 1 unspecified atom stereocenters. The van der Waals surface area contributed by atoms with Crippen LogP contribution in [0, 0.1) is 5.92 Å². The quantitative estimate of drug-likeness (QED) is 0.644. The molecular formula is C19H26N4O4S. The molecule has 1 saturated heterocycles. The van der Waals surface area contributed by atoms with Gasteiger partial charge in [0.2, 0.25) is 0 Å². The number of carbonyl (C=O) groups is 1. The molecule has 1 amide bonds. The highest BCUT2D eigenvalue weighted by Gasteiger charge is 2.41. The molecule has 0 spiro atoms. The first kappa shape index (κ1) is 20.3. The molecule has 3 rings (SSSR count). The summed E-state index contributed by atoms with van der Waals surface area (Å²) in [5.41, 5.74) is 0. The topological polar surface area (TPSA) is 69.1 Å². The van der Waals surface area contributed by atoms with Crippen molar-refractivity contribution >= 4 is 23.5 Å². The van der Waals surface area contributed by atoms with Gasteiger partial charge in [0.1, 0.15) is 19.4 Å². The lowest BCUT2D eigenvalue weighted by Gasteiger charge is -2.29. The van der Waals surface area contributed by atoms with Crippen LogP contribution >= 0.6 is 12.2 Å². The number of allylic oxidation sites excluding steroid dienone is 3. The van der Waals surface area contributed by atoms with E-state index in [-0.39, 0.29) is 18.7 Å². The molecule has 1 aromatic heterocycles. The van der Waals surface area contributed by atoms with Crippen LogP contribution in [0.5, 0.6) is 0 Å². The average Bonchev–Trinajstić information content (AvgIpc) is 3.28. The Hall–Kier alpha value is -2.39. The van der Waals surface area contributed by atoms with Crippen LogP contribution in [-0.2, 0) is 20.9 Å². The highest BCUT2D eigenvalue weighted by atomic mass is 32.1. The third kappa shape index (κ3) is 4.71. The molecule has 0 saturated carbocycles. The first-order valence-corrected chi connectivity index (χ1v) is 9.58. The summed E-state index contributed by atoms with van der Waals surface area (Å²) in [5.74, 6) is 1.01. The molecule has 1 fully saturated rings. The van der Waals surface area contributed by atoms with E-state index >= 15 is 0 Å². The van der Waals surface area contributed by atoms with E-state index in [1.807, 2.05) is 22.9 Å². The number of hydrogen-bond acceptors (Lipinski definition) is 6. The number of imidazole rings is 1. The van der Waals surface area contributed by atoms with E-state index in [9.17, 15) is 4.79 Å². The van der Waals surface area contributed by atoms with Crippen LogP contribution in [0.2, 0.25) is 0 Å². The van der Waals surface area contributed by atoms with Gasteiger partial charge in [0.25, 0.3) is 5.17 Å². The Morgan fingerprint density at radius 3 is 2.93 bits per heavy atom. The van der Waals surface area contributed by atoms with Crippen LogP contribution in [0.4, 0.5) is 4.79 Å². The molecule has 8 nitrogen and oxygen atoms in total. The van der Waals surface area contributed by atoms with Gasteiger partial charge in [-0.05, 0) is 18.6 Å². The Morgan fingerprint density at radius 2 is 2.29 bits per heavy atom. The Balaban J connectivity index is 1.72. The molecule has 0 aromatic carbocycles. The lowest BCUT2D eigenvalue weighted by molar-refractivity contribution is 0.0427. The number of carbonyl (C=O) groups excluding carboxylic acids is 1. The lowest BCUT2D eigenvalue weighted by atomic mass is 10.0. The molecular weight excluding hydrogens is 380 g/mol. The van der Waals surface area contributed by atoms with Gasteiger partial charge in [-0.3, -0.25) is 0 Å². The smallest absolute Gasteiger partial charge is 0.410 e. The summed E-state index contributed by atoms with van der Waals surface area (Å²) in [6, 6.07) is -0.335. The van der Waals surface area contributed by atoms with Gasteiger partial charge >= 0.3 is 6.09 Å². The summed E-state index contributed by atoms with van der Waals surface area (Å²) < 4.78 is 19.0. The highest BCUT2D eigenvalue weighted by molar-refractivity contribution is 7.80. The van der Waals surface area contributed by atoms with E-state index in [0.29, 0.717) is 30.3 Å². The van der Waals surface area contributed by atoms with Gasteiger partial charge in [0.05, 0.1) is 6.61 Å². The summed E-state index contributed by atoms with van der Waals surface area (Å²) in [6.45, 7) is 1.16. The number of cyclic esters (lactones) is 1. The van der Waals surface area contributed by atoms with Crippen LogP contribution in [0.3, 0.4) is 0 Å². The average molecular weight is 407 g/mol. The third-order valence-electron chi connectivity index (χ3n) is 4.74. The Kier molecular flexibility index (Phi) is 6.69. The second kappa shape index (κ2) is 9.20. The number of nitrogens with zero attached hydrogens (tertiary/aromatic N) is 4. The summed E-state index contributed by atoms with van der Waals surface area (Å²) in [5, 5.41) is 0.312. The minimum atomic E-state index is -0.567. The number of likely N-dealkylation sites (N-methyl/N-ethyl adjacent to an activating group) is 1. The van der Waals surface area contributed by atoms with Crippen molar-refractivity contribution in [2.45, 2.75) is 25.3 Å². The largest absolute Gasteiger partial charge is 0.457 e. The number of rotatable bonds is 7. The second-order valence-electron chi connectivity index (χ2n) is 7.02. The molecule has 2 heterocycles. The van der Waals surface area contributed by atoms with Crippen LogP contribution in [-0.4, -0.2) is 71.0 Å². The summed E-state index contributed by atoms with van der Waals surface area (Å²) in [7, 11) is 5.30. The van der Waals surface area contributed by atoms with Crippen molar-refractivity contribution in [1.29, 1.82) is 0 Å². The normalized spacial score (nSPS) is 22.2. The molecule has 1 aliphatic carbocycles. The van der Waals surface area contributed by atoms with E-state index in [4.69, 9.17) is 26.4 Å². The first-order chi connectivity index (χ1) is 13.5. The fourth-order valence-corrected chi connectivity index (χ4v) is 3.16. The van der Waals surface area contributed by atoms with E-state index in [1.165, 1.54) is 4.90 Å². The molecule has 0 radical (unpaired) electrons. The van der Waals surface area contributed by atoms with Crippen molar-refractivity contribution in [2.24, 2.45) is 5.92 Å². The molecule has 1 aliphatic heterocycles. The van der Waals surface area contributed by atoms with Gasteiger partial charge in [-0.15, -0.1) is 0 Å². The van der Waals surface area contributed by atoms with Crippen molar-refractivity contribution in [2.75, 3.05) is 34.4 Å². The minimum Gasteiger partial charge on any atom is -0.457 e. The van der Waals surface area contributed by atoms with Crippen molar-refractivity contribution in [3.63, 3.8) is 0 Å². The zero-order valence-corrected chi connectivity index (χ0v) is 17.2. The number of thiocarbonyl (C=S) groups is 1. The fourth-order valence-electron chi connectivity index (χ4n) is 3.06. The Morgan fingerprint density at radius 1 is 1.46 bits per heavy atom. The number of ether oxygens (including phenoxy) is 3. The van der Waals surface area contributed by atoms with Crippen molar-refractivity contribution in [3.8, 4) is 0 Å². The third-order valence-corrected chi connectivity index (χ3v) is 5.20. The van der Waals surface area contributed by atoms with Crippen molar-refractivity contribution in [3.05, 3.63) is 42.5 Å². The maximum Gasteiger partial charge on any atom is 0.410 e. The van der Waals surface area contributed by atoms with E-state index < -0.39 is 6.10 Å². The van der Waals surface area contributed by atoms with Gasteiger partial charge in [-0.25, -0.2) is 9.78 Å². The standard InChI is InChI=1S/C19H26N4O4S/c1-21(2)19(28)27-16(15-12-26-18(24)22(15)3)17-20-9-10-23(17)13-25-11-14-7-5-4-6-8-14/h4-7,9-10,14-16H,8,11-13H2,1-3H3/t14?,15-,16-/m0/s1. The molecule has 2 aliphatic rings. The number of aromatic nitrogens is 2. The Bertz CT molecular complexity index is 761. The zero-order valence-electron chi connectivity index (χ0n) is 16.4. The van der Waals surface area contributed by atoms with Crippen LogP contribution in [0.15, 0.2) is 36.7 Å². The molecule has 28 heavy (non-hydrogen) atoms. The molecule has 0 N–H and O–H groups in total. The molecule has 0 bridgehead atoms.